The average Bonchev–Trinajstić information content (AvgIpc) is 2.69. The third-order valence-electron chi connectivity index (χ3n) is 5.75. The lowest BCUT2D eigenvalue weighted by Crippen LogP contribution is -2.41. The number of hydrogen-bond donors (Lipinski definition) is 1. The number of pyridine rings is 1. The Kier molecular flexibility index (Phi) is 5.72. The van der Waals surface area contributed by atoms with Crippen LogP contribution in [0.5, 0.6) is 0 Å². The van der Waals surface area contributed by atoms with E-state index in [1.165, 1.54) is 34.5 Å². The van der Waals surface area contributed by atoms with E-state index in [-0.39, 0.29) is 5.82 Å². The molecule has 0 saturated carbocycles. The summed E-state index contributed by atoms with van der Waals surface area (Å²) >= 11 is 0. The molecule has 0 aliphatic carbocycles. The van der Waals surface area contributed by atoms with Crippen LogP contribution in [-0.4, -0.2) is 33.7 Å². The van der Waals surface area contributed by atoms with Gasteiger partial charge in [0.1, 0.15) is 5.82 Å². The van der Waals surface area contributed by atoms with E-state index in [0.29, 0.717) is 6.54 Å². The molecule has 1 aliphatic rings. The van der Waals surface area contributed by atoms with Gasteiger partial charge in [0.15, 0.2) is 0 Å². The molecule has 1 aromatic heterocycles. The number of aryl methyl sites for hydroxylation is 1. The van der Waals surface area contributed by atoms with Crippen LogP contribution in [0, 0.1) is 12.7 Å². The van der Waals surface area contributed by atoms with Crippen molar-refractivity contribution in [2.45, 2.75) is 45.8 Å². The van der Waals surface area contributed by atoms with Gasteiger partial charge in [-0.3, -0.25) is 9.88 Å². The van der Waals surface area contributed by atoms with E-state index in [2.05, 4.69) is 53.2 Å². The van der Waals surface area contributed by atoms with E-state index < -0.39 is 5.60 Å². The van der Waals surface area contributed by atoms with Gasteiger partial charge in [-0.15, -0.1) is 0 Å². The maximum Gasteiger partial charge on any atom is 0.141 e. The number of aromatic nitrogens is 1. The maximum absolute atomic E-state index is 13.3. The first-order valence-corrected chi connectivity index (χ1v) is 10.5. The highest BCUT2D eigenvalue weighted by molar-refractivity contribution is 5.64. The molecular weight excluding hydrogens is 375 g/mol. The maximum atomic E-state index is 13.3. The zero-order valence-electron chi connectivity index (χ0n) is 18.0. The van der Waals surface area contributed by atoms with Crippen molar-refractivity contribution in [3.05, 3.63) is 88.4 Å². The standard InChI is InChI=1S/C26H29FN2O/c1-18-7-8-19(14-24(18)25-10-9-22(27)15-28-25)13-20-5-4-6-21-16-29(12-11-23(20)21)17-26(2,3)30/h4-10,14-15,30H,11-13,16-17H2,1-3H3. The number of rotatable bonds is 5. The first-order valence-electron chi connectivity index (χ1n) is 10.5. The van der Waals surface area contributed by atoms with Gasteiger partial charge in [0, 0.05) is 25.2 Å². The second-order valence-electron chi connectivity index (χ2n) is 9.02. The fourth-order valence-electron chi connectivity index (χ4n) is 4.40. The van der Waals surface area contributed by atoms with Gasteiger partial charge < -0.3 is 5.11 Å². The zero-order chi connectivity index (χ0) is 21.3. The second-order valence-corrected chi connectivity index (χ2v) is 9.02. The summed E-state index contributed by atoms with van der Waals surface area (Å²) in [6, 6.07) is 16.2. The highest BCUT2D eigenvalue weighted by Gasteiger charge is 2.23. The van der Waals surface area contributed by atoms with Gasteiger partial charge >= 0.3 is 0 Å². The molecule has 1 N–H and O–H groups in total. The van der Waals surface area contributed by atoms with Crippen molar-refractivity contribution in [2.75, 3.05) is 13.1 Å². The fourth-order valence-corrected chi connectivity index (χ4v) is 4.40. The number of hydrogen-bond acceptors (Lipinski definition) is 3. The van der Waals surface area contributed by atoms with Gasteiger partial charge in [0.25, 0.3) is 0 Å². The predicted molar refractivity (Wildman–Crippen MR) is 119 cm³/mol. The van der Waals surface area contributed by atoms with Crippen LogP contribution in [0.3, 0.4) is 0 Å². The molecule has 0 bridgehead atoms. The van der Waals surface area contributed by atoms with E-state index in [4.69, 9.17) is 0 Å². The van der Waals surface area contributed by atoms with E-state index in [0.717, 1.165) is 42.8 Å². The Morgan fingerprint density at radius 3 is 2.70 bits per heavy atom. The average molecular weight is 405 g/mol. The molecule has 0 atom stereocenters. The minimum atomic E-state index is -0.679. The van der Waals surface area contributed by atoms with E-state index in [9.17, 15) is 9.50 Å². The number of halogens is 1. The van der Waals surface area contributed by atoms with Crippen LogP contribution in [0.1, 0.15) is 41.7 Å². The Labute approximate surface area is 178 Å². The quantitative estimate of drug-likeness (QED) is 0.656. The van der Waals surface area contributed by atoms with Gasteiger partial charge in [-0.05, 0) is 79.6 Å². The number of β-amino-alcohol motifs (C(OH)–C–C–N with tert-alkyl or cyclic N) is 1. The second kappa shape index (κ2) is 8.29. The van der Waals surface area contributed by atoms with Gasteiger partial charge in [0.2, 0.25) is 0 Å². The largest absolute Gasteiger partial charge is 0.389 e. The summed E-state index contributed by atoms with van der Waals surface area (Å²) < 4.78 is 13.3. The van der Waals surface area contributed by atoms with Crippen LogP contribution in [0.4, 0.5) is 4.39 Å². The molecule has 4 heteroatoms. The van der Waals surface area contributed by atoms with Crippen LogP contribution in [0.15, 0.2) is 54.7 Å². The smallest absolute Gasteiger partial charge is 0.141 e. The molecule has 2 aromatic carbocycles. The van der Waals surface area contributed by atoms with E-state index in [1.54, 1.807) is 6.07 Å². The molecule has 30 heavy (non-hydrogen) atoms. The van der Waals surface area contributed by atoms with Crippen molar-refractivity contribution < 1.29 is 9.50 Å². The molecule has 4 rings (SSSR count). The molecular formula is C26H29FN2O. The van der Waals surface area contributed by atoms with Crippen LogP contribution in [0.2, 0.25) is 0 Å². The van der Waals surface area contributed by atoms with E-state index in [1.807, 2.05) is 13.8 Å². The third-order valence-corrected chi connectivity index (χ3v) is 5.75. The normalized spacial score (nSPS) is 14.6. The Balaban J connectivity index is 1.58. The number of fused-ring (bicyclic) bond motifs is 1. The number of nitrogens with zero attached hydrogens (tertiary/aromatic N) is 2. The van der Waals surface area contributed by atoms with Crippen molar-refractivity contribution in [3.63, 3.8) is 0 Å². The lowest BCUT2D eigenvalue weighted by atomic mass is 9.89. The topological polar surface area (TPSA) is 36.4 Å². The summed E-state index contributed by atoms with van der Waals surface area (Å²) in [6.45, 7) is 8.32. The van der Waals surface area contributed by atoms with Crippen LogP contribution >= 0.6 is 0 Å². The zero-order valence-corrected chi connectivity index (χ0v) is 18.0. The summed E-state index contributed by atoms with van der Waals surface area (Å²) in [5, 5.41) is 10.2. The first-order chi connectivity index (χ1) is 14.3. The van der Waals surface area contributed by atoms with Crippen LogP contribution in [-0.2, 0) is 19.4 Å². The van der Waals surface area contributed by atoms with Crippen molar-refractivity contribution in [3.8, 4) is 11.3 Å². The Morgan fingerprint density at radius 2 is 1.97 bits per heavy atom. The lowest BCUT2D eigenvalue weighted by Gasteiger charge is -2.34. The minimum Gasteiger partial charge on any atom is -0.389 e. The number of aliphatic hydroxyl groups is 1. The van der Waals surface area contributed by atoms with Gasteiger partial charge in [-0.25, -0.2) is 4.39 Å². The Hall–Kier alpha value is -2.56. The van der Waals surface area contributed by atoms with Crippen LogP contribution < -0.4 is 0 Å². The number of benzene rings is 2. The monoisotopic (exact) mass is 404 g/mol. The highest BCUT2D eigenvalue weighted by atomic mass is 19.1. The Bertz CT molecular complexity index is 1040. The SMILES string of the molecule is Cc1ccc(Cc2cccc3c2CCN(CC(C)(C)O)C3)cc1-c1ccc(F)cn1. The summed E-state index contributed by atoms with van der Waals surface area (Å²) in [7, 11) is 0. The van der Waals surface area contributed by atoms with Gasteiger partial charge in [0.05, 0.1) is 17.5 Å². The third kappa shape index (κ3) is 4.77. The molecule has 2 heterocycles. The molecule has 0 radical (unpaired) electrons. The van der Waals surface area contributed by atoms with Gasteiger partial charge in [-0.1, -0.05) is 30.3 Å². The summed E-state index contributed by atoms with van der Waals surface area (Å²) in [6.07, 6.45) is 3.14. The van der Waals surface area contributed by atoms with Gasteiger partial charge in [-0.2, -0.15) is 0 Å². The lowest BCUT2D eigenvalue weighted by molar-refractivity contribution is 0.0317. The van der Waals surface area contributed by atoms with E-state index >= 15 is 0 Å². The molecule has 0 fully saturated rings. The van der Waals surface area contributed by atoms with Crippen molar-refractivity contribution in [1.82, 2.24) is 9.88 Å². The molecule has 3 aromatic rings. The summed E-state index contributed by atoms with van der Waals surface area (Å²) in [5.41, 5.74) is 7.69. The van der Waals surface area contributed by atoms with Crippen LogP contribution in [0.25, 0.3) is 11.3 Å². The minimum absolute atomic E-state index is 0.317. The first kappa shape index (κ1) is 20.7. The molecule has 1 aliphatic heterocycles. The fraction of sp³-hybridized carbons (Fsp3) is 0.346. The van der Waals surface area contributed by atoms with Crippen molar-refractivity contribution in [2.24, 2.45) is 0 Å². The molecule has 0 spiro atoms. The van der Waals surface area contributed by atoms with Crippen molar-refractivity contribution in [1.29, 1.82) is 0 Å². The molecule has 0 amide bonds. The van der Waals surface area contributed by atoms with Crippen molar-refractivity contribution >= 4 is 0 Å². The molecule has 156 valence electrons. The molecule has 0 unspecified atom stereocenters. The predicted octanol–water partition coefficient (Wildman–Crippen LogP) is 4.92. The summed E-state index contributed by atoms with van der Waals surface area (Å²) in [5.74, 6) is -0.317. The molecule has 0 saturated heterocycles. The summed E-state index contributed by atoms with van der Waals surface area (Å²) in [4.78, 5) is 6.59. The highest BCUT2D eigenvalue weighted by Crippen LogP contribution is 2.28. The Morgan fingerprint density at radius 1 is 1.13 bits per heavy atom. The molecule has 3 nitrogen and oxygen atoms in total.